The van der Waals surface area contributed by atoms with Crippen LogP contribution in [0.2, 0.25) is 0 Å². The molecule has 0 spiro atoms. The van der Waals surface area contributed by atoms with Crippen molar-refractivity contribution in [1.29, 1.82) is 0 Å². The maximum absolute atomic E-state index is 13.3. The number of imide groups is 1. The number of allylic oxidation sites excluding steroid dienone is 1. The van der Waals surface area contributed by atoms with Gasteiger partial charge in [0.25, 0.3) is 5.91 Å². The van der Waals surface area contributed by atoms with Gasteiger partial charge in [0, 0.05) is 31.0 Å². The van der Waals surface area contributed by atoms with Crippen LogP contribution in [0.25, 0.3) is 16.3 Å². The Labute approximate surface area is 218 Å². The summed E-state index contributed by atoms with van der Waals surface area (Å²) in [5.74, 6) is -0.993. The van der Waals surface area contributed by atoms with E-state index in [0.29, 0.717) is 30.6 Å². The molecule has 8 heteroatoms. The molecule has 2 aromatic carbocycles. The van der Waals surface area contributed by atoms with E-state index in [1.165, 1.54) is 4.90 Å². The van der Waals surface area contributed by atoms with Gasteiger partial charge in [-0.05, 0) is 69.2 Å². The van der Waals surface area contributed by atoms with Gasteiger partial charge in [-0.25, -0.2) is 4.79 Å². The summed E-state index contributed by atoms with van der Waals surface area (Å²) < 4.78 is 5.45. The highest BCUT2D eigenvalue weighted by Crippen LogP contribution is 2.42. The van der Waals surface area contributed by atoms with Gasteiger partial charge in [0.1, 0.15) is 11.6 Å². The summed E-state index contributed by atoms with van der Waals surface area (Å²) in [7, 11) is 1.71. The smallest absolute Gasteiger partial charge is 0.410 e. The second-order valence-electron chi connectivity index (χ2n) is 9.97. The first-order chi connectivity index (χ1) is 17.5. The maximum Gasteiger partial charge on any atom is 0.410 e. The molecule has 0 saturated carbocycles. The zero-order valence-electron chi connectivity index (χ0n) is 22.8. The number of hydrogen-bond donors (Lipinski definition) is 1. The molecule has 0 bridgehead atoms. The molecule has 4 rings (SSSR count). The number of anilines is 1. The van der Waals surface area contributed by atoms with Crippen LogP contribution in [0, 0.1) is 0 Å². The molecule has 0 aliphatic carbocycles. The van der Waals surface area contributed by atoms with Gasteiger partial charge in [-0.1, -0.05) is 38.1 Å². The van der Waals surface area contributed by atoms with E-state index in [9.17, 15) is 19.2 Å². The largest absolute Gasteiger partial charge is 0.444 e. The number of rotatable bonds is 5. The highest BCUT2D eigenvalue weighted by molar-refractivity contribution is 6.28. The Morgan fingerprint density at radius 1 is 1.16 bits per heavy atom. The number of carbonyl (C=O) groups excluding carboxylic acids is 4. The molecule has 4 amide bonds. The Kier molecular flexibility index (Phi) is 8.41. The van der Waals surface area contributed by atoms with E-state index in [1.54, 1.807) is 18.0 Å². The lowest BCUT2D eigenvalue weighted by atomic mass is 9.93. The Morgan fingerprint density at radius 3 is 2.49 bits per heavy atom. The first-order valence-electron chi connectivity index (χ1n) is 12.8. The standard InChI is InChI=1S/C27H31N3O5.C2H6/c1-6-16(14-15-29(5)26(34)35-27(2,3)4)17-10-11-19-23-18(17)8-7-9-20(23)30(25(19)33)21-12-13-22(31)28-24(21)32;1-2/h6-11,21H,12-15H2,1-5H3,(H,28,31,32);1-2H3/b16-6+;. The van der Waals surface area contributed by atoms with Crippen molar-refractivity contribution in [2.75, 3.05) is 18.5 Å². The van der Waals surface area contributed by atoms with Gasteiger partial charge < -0.3 is 9.64 Å². The molecule has 2 aliphatic rings. The van der Waals surface area contributed by atoms with Crippen molar-refractivity contribution in [3.63, 3.8) is 0 Å². The highest BCUT2D eigenvalue weighted by atomic mass is 16.6. The summed E-state index contributed by atoms with van der Waals surface area (Å²) in [4.78, 5) is 53.0. The molecular weight excluding hydrogens is 470 g/mol. The van der Waals surface area contributed by atoms with E-state index in [4.69, 9.17) is 4.74 Å². The van der Waals surface area contributed by atoms with Gasteiger partial charge in [-0.3, -0.25) is 24.6 Å². The fraction of sp³-hybridized carbons (Fsp3) is 0.448. The first-order valence-corrected chi connectivity index (χ1v) is 12.8. The lowest BCUT2D eigenvalue weighted by Crippen LogP contribution is -2.53. The number of benzene rings is 2. The van der Waals surface area contributed by atoms with Gasteiger partial charge in [0.2, 0.25) is 11.8 Å². The highest BCUT2D eigenvalue weighted by Gasteiger charge is 2.40. The number of amides is 4. The number of nitrogens with zero attached hydrogens (tertiary/aromatic N) is 2. The van der Waals surface area contributed by atoms with Crippen LogP contribution < -0.4 is 10.2 Å². The molecule has 1 saturated heterocycles. The van der Waals surface area contributed by atoms with E-state index in [0.717, 1.165) is 21.9 Å². The molecular formula is C29H37N3O5. The summed E-state index contributed by atoms with van der Waals surface area (Å²) in [6.07, 6.45) is 2.74. The molecule has 0 aromatic heterocycles. The number of nitrogens with one attached hydrogen (secondary N) is 1. The fourth-order valence-corrected chi connectivity index (χ4v) is 4.68. The van der Waals surface area contributed by atoms with Crippen LogP contribution in [0.5, 0.6) is 0 Å². The van der Waals surface area contributed by atoms with E-state index >= 15 is 0 Å². The zero-order chi connectivity index (χ0) is 27.5. The minimum absolute atomic E-state index is 0.200. The van der Waals surface area contributed by atoms with E-state index in [2.05, 4.69) is 5.32 Å². The van der Waals surface area contributed by atoms with Crippen molar-refractivity contribution in [3.05, 3.63) is 47.5 Å². The third-order valence-corrected chi connectivity index (χ3v) is 6.37. The monoisotopic (exact) mass is 507 g/mol. The molecule has 1 atom stereocenters. The van der Waals surface area contributed by atoms with Gasteiger partial charge in [-0.15, -0.1) is 0 Å². The normalized spacial score (nSPS) is 17.4. The van der Waals surface area contributed by atoms with Crippen LogP contribution in [0.15, 0.2) is 36.4 Å². The molecule has 2 aromatic rings. The van der Waals surface area contributed by atoms with Crippen molar-refractivity contribution in [2.45, 2.75) is 72.4 Å². The van der Waals surface area contributed by atoms with Crippen LogP contribution in [0.1, 0.15) is 76.7 Å². The topological polar surface area (TPSA) is 96.0 Å². The summed E-state index contributed by atoms with van der Waals surface area (Å²) in [6, 6.07) is 8.70. The van der Waals surface area contributed by atoms with E-state index < -0.39 is 17.6 Å². The summed E-state index contributed by atoms with van der Waals surface area (Å²) in [6.45, 7) is 11.9. The average Bonchev–Trinajstić information content (AvgIpc) is 3.13. The lowest BCUT2D eigenvalue weighted by molar-refractivity contribution is -0.134. The third-order valence-electron chi connectivity index (χ3n) is 6.37. The predicted octanol–water partition coefficient (Wildman–Crippen LogP) is 5.29. The SMILES string of the molecule is C/C=C(\CCN(C)C(=O)OC(C)(C)C)c1ccc2c3c(cccc13)N(C1CCC(=O)NC1=O)C2=O.CC. The minimum Gasteiger partial charge on any atom is -0.444 e. The summed E-state index contributed by atoms with van der Waals surface area (Å²) >= 11 is 0. The van der Waals surface area contributed by atoms with Crippen molar-refractivity contribution in [1.82, 2.24) is 10.2 Å². The maximum atomic E-state index is 13.3. The molecule has 37 heavy (non-hydrogen) atoms. The predicted molar refractivity (Wildman–Crippen MR) is 145 cm³/mol. The Bertz CT molecular complexity index is 1260. The van der Waals surface area contributed by atoms with Crippen molar-refractivity contribution in [2.24, 2.45) is 0 Å². The van der Waals surface area contributed by atoms with Crippen LogP contribution in [-0.2, 0) is 14.3 Å². The zero-order valence-corrected chi connectivity index (χ0v) is 22.8. The Morgan fingerprint density at radius 2 is 1.86 bits per heavy atom. The third kappa shape index (κ3) is 5.68. The molecule has 198 valence electrons. The molecule has 2 aliphatic heterocycles. The van der Waals surface area contributed by atoms with E-state index in [-0.39, 0.29) is 24.3 Å². The quantitative estimate of drug-likeness (QED) is 0.555. The second kappa shape index (κ2) is 11.2. The van der Waals surface area contributed by atoms with Gasteiger partial charge in [0.15, 0.2) is 0 Å². The van der Waals surface area contributed by atoms with Crippen molar-refractivity contribution in [3.8, 4) is 0 Å². The Balaban J connectivity index is 0.00000186. The Hall–Kier alpha value is -3.68. The molecule has 1 fully saturated rings. The van der Waals surface area contributed by atoms with Gasteiger partial charge in [-0.2, -0.15) is 0 Å². The molecule has 0 radical (unpaired) electrons. The molecule has 1 unspecified atom stereocenters. The molecule has 8 nitrogen and oxygen atoms in total. The van der Waals surface area contributed by atoms with Gasteiger partial charge in [0.05, 0.1) is 5.69 Å². The minimum atomic E-state index is -0.717. The van der Waals surface area contributed by atoms with Crippen molar-refractivity contribution < 1.29 is 23.9 Å². The average molecular weight is 508 g/mol. The number of ether oxygens (including phenoxy) is 1. The molecule has 1 N–H and O–H groups in total. The van der Waals surface area contributed by atoms with Crippen molar-refractivity contribution >= 4 is 45.8 Å². The summed E-state index contributed by atoms with van der Waals surface area (Å²) in [5, 5.41) is 4.07. The second-order valence-corrected chi connectivity index (χ2v) is 9.97. The van der Waals surface area contributed by atoms with Gasteiger partial charge >= 0.3 is 6.09 Å². The van der Waals surface area contributed by atoms with E-state index in [1.807, 2.05) is 71.9 Å². The lowest BCUT2D eigenvalue weighted by Gasteiger charge is -2.30. The van der Waals surface area contributed by atoms with Crippen LogP contribution >= 0.6 is 0 Å². The molecule has 2 heterocycles. The number of carbonyl (C=O) groups is 4. The van der Waals surface area contributed by atoms with Crippen LogP contribution in [0.4, 0.5) is 10.5 Å². The number of hydrogen-bond acceptors (Lipinski definition) is 5. The fourth-order valence-electron chi connectivity index (χ4n) is 4.68. The van der Waals surface area contributed by atoms with Crippen LogP contribution in [-0.4, -0.2) is 54.0 Å². The van der Waals surface area contributed by atoms with Crippen LogP contribution in [0.3, 0.4) is 0 Å². The number of piperidine rings is 1. The first kappa shape index (κ1) is 27.9. The summed E-state index contributed by atoms with van der Waals surface area (Å²) in [5.41, 5.74) is 2.68.